The number of carbonyl (C=O) groups is 1. The number of rotatable bonds is 4. The number of nitrogens with zero attached hydrogens (tertiary/aromatic N) is 2. The Labute approximate surface area is 134 Å². The van der Waals surface area contributed by atoms with Crippen molar-refractivity contribution in [1.29, 1.82) is 0 Å². The highest BCUT2D eigenvalue weighted by atomic mass is 32.2. The average molecular weight is 332 g/mol. The molecule has 0 saturated carbocycles. The van der Waals surface area contributed by atoms with Crippen LogP contribution in [0.4, 0.5) is 0 Å². The van der Waals surface area contributed by atoms with Crippen molar-refractivity contribution in [3.63, 3.8) is 0 Å². The van der Waals surface area contributed by atoms with Crippen molar-refractivity contribution in [3.8, 4) is 0 Å². The highest BCUT2D eigenvalue weighted by Crippen LogP contribution is 2.36. The minimum absolute atomic E-state index is 0.0658. The number of pyridine rings is 1. The molecule has 1 N–H and O–H groups in total. The van der Waals surface area contributed by atoms with Gasteiger partial charge in [0.2, 0.25) is 10.0 Å². The molecule has 1 fully saturated rings. The van der Waals surface area contributed by atoms with E-state index in [2.05, 4.69) is 4.98 Å². The van der Waals surface area contributed by atoms with E-state index in [9.17, 15) is 13.2 Å². The first-order valence-electron chi connectivity index (χ1n) is 7.25. The second kappa shape index (κ2) is 6.10. The second-order valence-corrected chi connectivity index (χ2v) is 7.27. The van der Waals surface area contributed by atoms with Crippen LogP contribution in [0, 0.1) is 0 Å². The molecule has 6 nitrogen and oxygen atoms in total. The first kappa shape index (κ1) is 15.6. The fourth-order valence-corrected chi connectivity index (χ4v) is 4.53. The topological polar surface area (TPSA) is 87.6 Å². The standard InChI is InChI=1S/C16H16N2O4S/c19-16(20)13-3-5-14(6-4-13)23(21,22)18-11-1-2-15(18)12-7-9-17-10-8-12/h3-10,15H,1-2,11H2,(H,19,20)/t15-/m1/s1. The predicted octanol–water partition coefficient (Wildman–Crippen LogP) is 2.31. The van der Waals surface area contributed by atoms with Crippen LogP contribution >= 0.6 is 0 Å². The molecule has 2 aromatic rings. The quantitative estimate of drug-likeness (QED) is 0.928. The highest BCUT2D eigenvalue weighted by molar-refractivity contribution is 7.89. The van der Waals surface area contributed by atoms with Gasteiger partial charge in [-0.2, -0.15) is 4.31 Å². The van der Waals surface area contributed by atoms with E-state index < -0.39 is 16.0 Å². The summed E-state index contributed by atoms with van der Waals surface area (Å²) in [6.45, 7) is 0.454. The Hall–Kier alpha value is -2.25. The summed E-state index contributed by atoms with van der Waals surface area (Å²) in [5.74, 6) is -1.08. The van der Waals surface area contributed by atoms with Crippen LogP contribution in [0.1, 0.15) is 34.8 Å². The molecule has 7 heteroatoms. The van der Waals surface area contributed by atoms with Crippen molar-refractivity contribution in [2.24, 2.45) is 0 Å². The van der Waals surface area contributed by atoms with Gasteiger partial charge in [0.15, 0.2) is 0 Å². The lowest BCUT2D eigenvalue weighted by atomic mass is 10.1. The number of benzene rings is 1. The van der Waals surface area contributed by atoms with Crippen LogP contribution in [0.2, 0.25) is 0 Å². The molecule has 1 aliphatic rings. The molecule has 1 saturated heterocycles. The Bertz CT molecular complexity index is 804. The minimum atomic E-state index is -3.66. The first-order chi connectivity index (χ1) is 11.0. The normalized spacial score (nSPS) is 18.9. The molecular weight excluding hydrogens is 316 g/mol. The molecule has 0 radical (unpaired) electrons. The van der Waals surface area contributed by atoms with Crippen LogP contribution in [-0.2, 0) is 10.0 Å². The molecule has 0 bridgehead atoms. The van der Waals surface area contributed by atoms with Gasteiger partial charge < -0.3 is 5.11 Å². The summed E-state index contributed by atoms with van der Waals surface area (Å²) in [6, 6.07) is 8.76. The smallest absolute Gasteiger partial charge is 0.335 e. The maximum absolute atomic E-state index is 12.9. The Morgan fingerprint density at radius 3 is 2.39 bits per heavy atom. The van der Waals surface area contributed by atoms with E-state index in [1.807, 2.05) is 12.1 Å². The van der Waals surface area contributed by atoms with Crippen molar-refractivity contribution in [1.82, 2.24) is 9.29 Å². The maximum atomic E-state index is 12.9. The van der Waals surface area contributed by atoms with Crippen molar-refractivity contribution in [2.45, 2.75) is 23.8 Å². The largest absolute Gasteiger partial charge is 0.478 e. The zero-order valence-electron chi connectivity index (χ0n) is 12.3. The molecule has 2 heterocycles. The Balaban J connectivity index is 1.93. The van der Waals surface area contributed by atoms with Gasteiger partial charge in [-0.25, -0.2) is 13.2 Å². The molecule has 120 valence electrons. The van der Waals surface area contributed by atoms with E-state index in [1.54, 1.807) is 12.4 Å². The summed E-state index contributed by atoms with van der Waals surface area (Å²) < 4.78 is 27.2. The first-order valence-corrected chi connectivity index (χ1v) is 8.69. The third kappa shape index (κ3) is 2.97. The molecule has 3 rings (SSSR count). The predicted molar refractivity (Wildman–Crippen MR) is 83.5 cm³/mol. The van der Waals surface area contributed by atoms with E-state index in [0.717, 1.165) is 18.4 Å². The molecule has 1 aromatic heterocycles. The zero-order chi connectivity index (χ0) is 16.4. The van der Waals surface area contributed by atoms with Gasteiger partial charge in [-0.15, -0.1) is 0 Å². The van der Waals surface area contributed by atoms with Gasteiger partial charge >= 0.3 is 5.97 Å². The summed E-state index contributed by atoms with van der Waals surface area (Å²) in [7, 11) is -3.66. The van der Waals surface area contributed by atoms with Crippen molar-refractivity contribution in [2.75, 3.05) is 6.54 Å². The lowest BCUT2D eigenvalue weighted by molar-refractivity contribution is 0.0696. The third-order valence-electron chi connectivity index (χ3n) is 4.00. The Morgan fingerprint density at radius 2 is 1.78 bits per heavy atom. The number of hydrogen-bond acceptors (Lipinski definition) is 4. The lowest BCUT2D eigenvalue weighted by Crippen LogP contribution is -2.30. The van der Waals surface area contributed by atoms with E-state index in [-0.39, 0.29) is 16.5 Å². The summed E-state index contributed by atoms with van der Waals surface area (Å²) in [5, 5.41) is 8.91. The summed E-state index contributed by atoms with van der Waals surface area (Å²) in [4.78, 5) is 15.0. The number of carboxylic acid groups (broad SMARTS) is 1. The fourth-order valence-electron chi connectivity index (χ4n) is 2.85. The molecule has 23 heavy (non-hydrogen) atoms. The number of hydrogen-bond donors (Lipinski definition) is 1. The summed E-state index contributed by atoms with van der Waals surface area (Å²) in [6.07, 6.45) is 4.86. The van der Waals surface area contributed by atoms with Gasteiger partial charge in [0.25, 0.3) is 0 Å². The maximum Gasteiger partial charge on any atom is 0.335 e. The molecule has 0 amide bonds. The second-order valence-electron chi connectivity index (χ2n) is 5.38. The van der Waals surface area contributed by atoms with Gasteiger partial charge in [-0.3, -0.25) is 4.98 Å². The molecule has 1 aromatic carbocycles. The van der Waals surface area contributed by atoms with Crippen molar-refractivity contribution in [3.05, 3.63) is 59.9 Å². The van der Waals surface area contributed by atoms with Gasteiger partial charge in [-0.05, 0) is 54.8 Å². The van der Waals surface area contributed by atoms with E-state index in [4.69, 9.17) is 5.11 Å². The van der Waals surface area contributed by atoms with Gasteiger partial charge in [0.1, 0.15) is 0 Å². The number of sulfonamides is 1. The van der Waals surface area contributed by atoms with Crippen LogP contribution in [0.25, 0.3) is 0 Å². The molecule has 0 aliphatic carbocycles. The molecular formula is C16H16N2O4S. The van der Waals surface area contributed by atoms with E-state index in [1.165, 1.54) is 28.6 Å². The van der Waals surface area contributed by atoms with Crippen LogP contribution in [0.5, 0.6) is 0 Å². The van der Waals surface area contributed by atoms with Crippen molar-refractivity contribution >= 4 is 16.0 Å². The van der Waals surface area contributed by atoms with E-state index in [0.29, 0.717) is 6.54 Å². The highest BCUT2D eigenvalue weighted by Gasteiger charge is 2.36. The average Bonchev–Trinajstić information content (AvgIpc) is 3.06. The number of aromatic carboxylic acids is 1. The van der Waals surface area contributed by atoms with E-state index >= 15 is 0 Å². The third-order valence-corrected chi connectivity index (χ3v) is 5.92. The SMILES string of the molecule is O=C(O)c1ccc(S(=O)(=O)N2CCC[C@@H]2c2ccncc2)cc1. The molecule has 1 atom stereocenters. The van der Waals surface area contributed by atoms with Crippen LogP contribution in [0.3, 0.4) is 0 Å². The Morgan fingerprint density at radius 1 is 1.13 bits per heavy atom. The lowest BCUT2D eigenvalue weighted by Gasteiger charge is -2.24. The number of carboxylic acids is 1. The van der Waals surface area contributed by atoms with Crippen LogP contribution < -0.4 is 0 Å². The van der Waals surface area contributed by atoms with Gasteiger partial charge in [-0.1, -0.05) is 0 Å². The molecule has 0 unspecified atom stereocenters. The monoisotopic (exact) mass is 332 g/mol. The number of aromatic nitrogens is 1. The van der Waals surface area contributed by atoms with Gasteiger partial charge in [0.05, 0.1) is 16.5 Å². The molecule has 0 spiro atoms. The van der Waals surface area contributed by atoms with Gasteiger partial charge in [0, 0.05) is 18.9 Å². The fraction of sp³-hybridized carbons (Fsp3) is 0.250. The zero-order valence-corrected chi connectivity index (χ0v) is 13.1. The summed E-state index contributed by atoms with van der Waals surface area (Å²) >= 11 is 0. The summed E-state index contributed by atoms with van der Waals surface area (Å²) in [5.41, 5.74) is 0.985. The Kier molecular flexibility index (Phi) is 4.14. The van der Waals surface area contributed by atoms with Crippen molar-refractivity contribution < 1.29 is 18.3 Å². The molecule has 1 aliphatic heterocycles. The van der Waals surface area contributed by atoms with Crippen LogP contribution in [-0.4, -0.2) is 35.3 Å². The van der Waals surface area contributed by atoms with Crippen LogP contribution in [0.15, 0.2) is 53.7 Å². The minimum Gasteiger partial charge on any atom is -0.478 e.